The molecule has 1 saturated carbocycles. The second kappa shape index (κ2) is 14.2. The quantitative estimate of drug-likeness (QED) is 0.450. The molecule has 0 radical (unpaired) electrons. The van der Waals surface area contributed by atoms with E-state index in [1.807, 2.05) is 0 Å². The molecule has 0 aliphatic heterocycles. The van der Waals surface area contributed by atoms with E-state index in [1.165, 1.54) is 44.9 Å². The predicted octanol–water partition coefficient (Wildman–Crippen LogP) is 7.10. The van der Waals surface area contributed by atoms with Gasteiger partial charge < -0.3 is 0 Å². The van der Waals surface area contributed by atoms with Gasteiger partial charge in [0.05, 0.1) is 0 Å². The van der Waals surface area contributed by atoms with E-state index in [9.17, 15) is 0 Å². The Morgan fingerprint density at radius 2 is 1.37 bits per heavy atom. The molecule has 1 fully saturated rings. The fourth-order valence-electron chi connectivity index (χ4n) is 3.16. The summed E-state index contributed by atoms with van der Waals surface area (Å²) in [6, 6.07) is 0. The van der Waals surface area contributed by atoms with Crippen LogP contribution in [-0.4, -0.2) is 0 Å². The van der Waals surface area contributed by atoms with Crippen LogP contribution in [0.1, 0.15) is 86.5 Å². The van der Waals surface area contributed by atoms with Gasteiger partial charge in [0.15, 0.2) is 0 Å². The molecule has 0 amide bonds. The van der Waals surface area contributed by atoms with Crippen molar-refractivity contribution >= 4 is 0 Å². The monoisotopic (exact) mass is 268 g/mol. The molecule has 0 aromatic rings. The summed E-state index contributed by atoms with van der Waals surface area (Å²) in [6.07, 6.45) is 9.83. The highest BCUT2D eigenvalue weighted by Gasteiger charge is 2.32. The molecule has 0 bridgehead atoms. The van der Waals surface area contributed by atoms with Gasteiger partial charge in [0.1, 0.15) is 0 Å². The zero-order chi connectivity index (χ0) is 15.3. The van der Waals surface area contributed by atoms with Gasteiger partial charge in [-0.15, -0.1) is 13.2 Å². The predicted molar refractivity (Wildman–Crippen MR) is 91.6 cm³/mol. The van der Waals surface area contributed by atoms with Gasteiger partial charge in [0, 0.05) is 0 Å². The van der Waals surface area contributed by atoms with E-state index in [0.717, 1.165) is 23.7 Å². The van der Waals surface area contributed by atoms with Crippen molar-refractivity contribution in [1.82, 2.24) is 0 Å². The van der Waals surface area contributed by atoms with Crippen LogP contribution in [0.25, 0.3) is 0 Å². The van der Waals surface area contributed by atoms with Crippen molar-refractivity contribution < 1.29 is 0 Å². The van der Waals surface area contributed by atoms with Gasteiger partial charge in [-0.1, -0.05) is 73.6 Å². The maximum absolute atomic E-state index is 3.00. The van der Waals surface area contributed by atoms with Crippen LogP contribution in [-0.2, 0) is 0 Å². The van der Waals surface area contributed by atoms with Crippen molar-refractivity contribution in [1.29, 1.82) is 0 Å². The molecule has 0 nitrogen and oxygen atoms in total. The molecule has 1 aliphatic rings. The first kappa shape index (κ1) is 21.0. The molecule has 0 saturated heterocycles. The maximum Gasteiger partial charge on any atom is -0.0381 e. The number of hydrogen-bond acceptors (Lipinski definition) is 0. The third-order valence-corrected chi connectivity index (χ3v) is 4.65. The first-order chi connectivity index (χ1) is 9.10. The van der Waals surface area contributed by atoms with Crippen LogP contribution in [0, 0.1) is 23.7 Å². The van der Waals surface area contributed by atoms with Crippen LogP contribution < -0.4 is 0 Å². The van der Waals surface area contributed by atoms with Crippen LogP contribution in [0.3, 0.4) is 0 Å². The van der Waals surface area contributed by atoms with Crippen LogP contribution in [0.4, 0.5) is 0 Å². The van der Waals surface area contributed by atoms with Crippen molar-refractivity contribution in [2.45, 2.75) is 86.5 Å². The van der Waals surface area contributed by atoms with Gasteiger partial charge in [0.2, 0.25) is 0 Å². The van der Waals surface area contributed by atoms with Gasteiger partial charge in [-0.25, -0.2) is 0 Å². The minimum Gasteiger partial charge on any atom is -0.106 e. The summed E-state index contributed by atoms with van der Waals surface area (Å²) >= 11 is 0. The van der Waals surface area contributed by atoms with E-state index in [0.29, 0.717) is 0 Å². The molecule has 1 unspecified atom stereocenters. The van der Waals surface area contributed by atoms with E-state index in [2.05, 4.69) is 54.7 Å². The van der Waals surface area contributed by atoms with Crippen LogP contribution in [0.15, 0.2) is 13.2 Å². The van der Waals surface area contributed by atoms with Crippen LogP contribution in [0.5, 0.6) is 0 Å². The SMILES string of the molecule is C=C.CCC(CC)C(C)C1CC(C)C1.CCCCC. The average Bonchev–Trinajstić information content (AvgIpc) is 2.40. The van der Waals surface area contributed by atoms with Crippen molar-refractivity contribution in [3.8, 4) is 0 Å². The second-order valence-corrected chi connectivity index (χ2v) is 6.13. The summed E-state index contributed by atoms with van der Waals surface area (Å²) < 4.78 is 0. The van der Waals surface area contributed by atoms with Crippen molar-refractivity contribution in [3.63, 3.8) is 0 Å². The van der Waals surface area contributed by atoms with Crippen molar-refractivity contribution in [2.24, 2.45) is 23.7 Å². The minimum atomic E-state index is 0.983. The highest BCUT2D eigenvalue weighted by atomic mass is 14.4. The van der Waals surface area contributed by atoms with Crippen LogP contribution in [0.2, 0.25) is 0 Å². The summed E-state index contributed by atoms with van der Waals surface area (Å²) in [5, 5.41) is 0. The Morgan fingerprint density at radius 1 is 0.947 bits per heavy atom. The van der Waals surface area contributed by atoms with Crippen molar-refractivity contribution in [3.05, 3.63) is 13.2 Å². The average molecular weight is 269 g/mol. The van der Waals surface area contributed by atoms with E-state index in [1.54, 1.807) is 0 Å². The number of hydrogen-bond donors (Lipinski definition) is 0. The number of unbranched alkanes of at least 4 members (excludes halogenated alkanes) is 2. The third-order valence-electron chi connectivity index (χ3n) is 4.65. The Labute approximate surface area is 124 Å². The topological polar surface area (TPSA) is 0 Å². The zero-order valence-corrected chi connectivity index (χ0v) is 14.7. The standard InChI is InChI=1S/C12H24.C5H12.C2H4/c1-5-11(6-2)10(4)12-7-9(3)8-12;1-3-5-4-2;1-2/h9-12H,5-8H2,1-4H3;3-5H2,1-2H3;1-2H2. The normalized spacial score (nSPS) is 22.5. The molecule has 0 aromatic carbocycles. The minimum absolute atomic E-state index is 0.983. The lowest BCUT2D eigenvalue weighted by Gasteiger charge is -2.40. The lowest BCUT2D eigenvalue weighted by atomic mass is 9.65. The molecule has 0 heterocycles. The molecule has 1 atom stereocenters. The van der Waals surface area contributed by atoms with E-state index >= 15 is 0 Å². The molecule has 0 aromatic heterocycles. The Kier molecular flexibility index (Phi) is 15.7. The summed E-state index contributed by atoms with van der Waals surface area (Å²) in [6.45, 7) is 20.0. The van der Waals surface area contributed by atoms with Gasteiger partial charge >= 0.3 is 0 Å². The lowest BCUT2D eigenvalue weighted by Crippen LogP contribution is -2.30. The fourth-order valence-corrected chi connectivity index (χ4v) is 3.16. The first-order valence-corrected chi connectivity index (χ1v) is 8.60. The fraction of sp³-hybridized carbons (Fsp3) is 0.895. The zero-order valence-electron chi connectivity index (χ0n) is 14.7. The van der Waals surface area contributed by atoms with Gasteiger partial charge in [-0.2, -0.15) is 0 Å². The Hall–Kier alpha value is -0.260. The molecule has 19 heavy (non-hydrogen) atoms. The Bertz CT molecular complexity index is 161. The Balaban J connectivity index is 0. The summed E-state index contributed by atoms with van der Waals surface area (Å²) in [4.78, 5) is 0. The molecule has 0 spiro atoms. The van der Waals surface area contributed by atoms with Crippen molar-refractivity contribution in [2.75, 3.05) is 0 Å². The molecule has 1 rings (SSSR count). The smallest absolute Gasteiger partial charge is 0.0381 e. The molecule has 116 valence electrons. The number of rotatable bonds is 6. The van der Waals surface area contributed by atoms with Gasteiger partial charge in [-0.05, 0) is 36.5 Å². The largest absolute Gasteiger partial charge is 0.106 e. The first-order valence-electron chi connectivity index (χ1n) is 8.60. The van der Waals surface area contributed by atoms with Crippen LogP contribution >= 0.6 is 0 Å². The maximum atomic E-state index is 3.00. The summed E-state index contributed by atoms with van der Waals surface area (Å²) in [7, 11) is 0. The third kappa shape index (κ3) is 9.30. The van der Waals surface area contributed by atoms with E-state index < -0.39 is 0 Å². The second-order valence-electron chi connectivity index (χ2n) is 6.13. The summed E-state index contributed by atoms with van der Waals surface area (Å²) in [5.41, 5.74) is 0. The molecule has 0 heteroatoms. The lowest BCUT2D eigenvalue weighted by molar-refractivity contribution is 0.102. The summed E-state index contributed by atoms with van der Waals surface area (Å²) in [5.74, 6) is 4.05. The highest BCUT2D eigenvalue weighted by molar-refractivity contribution is 4.82. The molecular weight excluding hydrogens is 228 g/mol. The highest BCUT2D eigenvalue weighted by Crippen LogP contribution is 2.42. The Morgan fingerprint density at radius 3 is 1.58 bits per heavy atom. The van der Waals surface area contributed by atoms with E-state index in [4.69, 9.17) is 0 Å². The van der Waals surface area contributed by atoms with E-state index in [-0.39, 0.29) is 0 Å². The molecule has 0 N–H and O–H groups in total. The van der Waals surface area contributed by atoms with Gasteiger partial charge in [-0.3, -0.25) is 0 Å². The molecule has 1 aliphatic carbocycles. The molecular formula is C19H40. The van der Waals surface area contributed by atoms with Gasteiger partial charge in [0.25, 0.3) is 0 Å².